The third-order valence-corrected chi connectivity index (χ3v) is 2.83. The van der Waals surface area contributed by atoms with Gasteiger partial charge in [-0.2, -0.15) is 0 Å². The number of hydrogen-bond acceptors (Lipinski definition) is 2. The lowest BCUT2D eigenvalue weighted by molar-refractivity contribution is 0.0780. The molecule has 1 unspecified atom stereocenters. The second-order valence-electron chi connectivity index (χ2n) is 4.18. The highest BCUT2D eigenvalue weighted by molar-refractivity contribution is 5.99. The van der Waals surface area contributed by atoms with E-state index in [0.717, 1.165) is 0 Å². The minimum absolute atomic E-state index is 0.110. The van der Waals surface area contributed by atoms with Crippen molar-refractivity contribution >= 4 is 5.78 Å². The normalized spacial score (nSPS) is 11.9. The van der Waals surface area contributed by atoms with Crippen LogP contribution in [-0.2, 0) is 0 Å². The number of benzene rings is 2. The van der Waals surface area contributed by atoms with Crippen molar-refractivity contribution in [3.63, 3.8) is 0 Å². The van der Waals surface area contributed by atoms with Crippen LogP contribution < -0.4 is 4.74 Å². The van der Waals surface area contributed by atoms with Crippen LogP contribution in [0.4, 0.5) is 4.39 Å². The largest absolute Gasteiger partial charge is 0.479 e. The summed E-state index contributed by atoms with van der Waals surface area (Å²) in [7, 11) is 0. The standard InChI is InChI=1S/C16H15FO2/c1-2-14(16(18)12-8-4-3-5-9-12)19-15-11-7-6-10-13(15)17/h3-11,14H,2H2,1H3. The molecule has 0 bridgehead atoms. The van der Waals surface area contributed by atoms with Gasteiger partial charge in [0.15, 0.2) is 17.7 Å². The van der Waals surface area contributed by atoms with E-state index in [0.29, 0.717) is 12.0 Å². The van der Waals surface area contributed by atoms with Crippen LogP contribution in [0.3, 0.4) is 0 Å². The molecule has 0 spiro atoms. The summed E-state index contributed by atoms with van der Waals surface area (Å²) in [5, 5.41) is 0. The average molecular weight is 258 g/mol. The molecule has 1 atom stereocenters. The highest BCUT2D eigenvalue weighted by atomic mass is 19.1. The van der Waals surface area contributed by atoms with E-state index < -0.39 is 11.9 Å². The molecule has 0 amide bonds. The number of ether oxygens (including phenoxy) is 1. The van der Waals surface area contributed by atoms with Gasteiger partial charge >= 0.3 is 0 Å². The molecule has 0 aliphatic carbocycles. The van der Waals surface area contributed by atoms with Gasteiger partial charge in [0.1, 0.15) is 0 Å². The number of para-hydroxylation sites is 1. The number of halogens is 1. The number of rotatable bonds is 5. The van der Waals surface area contributed by atoms with Crippen LogP contribution >= 0.6 is 0 Å². The first-order valence-electron chi connectivity index (χ1n) is 6.22. The minimum atomic E-state index is -0.667. The summed E-state index contributed by atoms with van der Waals surface area (Å²) < 4.78 is 19.0. The van der Waals surface area contributed by atoms with E-state index in [2.05, 4.69) is 0 Å². The molecule has 0 aliphatic rings. The number of Topliss-reactive ketones (excluding diaryl/α,β-unsaturated/α-hetero) is 1. The predicted octanol–water partition coefficient (Wildman–Crippen LogP) is 3.87. The molecule has 0 saturated carbocycles. The van der Waals surface area contributed by atoms with Crippen molar-refractivity contribution in [2.45, 2.75) is 19.4 Å². The van der Waals surface area contributed by atoms with Crippen molar-refractivity contribution in [2.75, 3.05) is 0 Å². The summed E-state index contributed by atoms with van der Waals surface area (Å²) in [4.78, 5) is 12.2. The van der Waals surface area contributed by atoms with Crippen LogP contribution in [-0.4, -0.2) is 11.9 Å². The van der Waals surface area contributed by atoms with Gasteiger partial charge in [0.05, 0.1) is 0 Å². The molecule has 2 rings (SSSR count). The van der Waals surface area contributed by atoms with Gasteiger partial charge in [0.25, 0.3) is 0 Å². The smallest absolute Gasteiger partial charge is 0.203 e. The van der Waals surface area contributed by atoms with Gasteiger partial charge in [-0.05, 0) is 18.6 Å². The van der Waals surface area contributed by atoms with E-state index in [1.54, 1.807) is 36.4 Å². The quantitative estimate of drug-likeness (QED) is 0.761. The Hall–Kier alpha value is -2.16. The monoisotopic (exact) mass is 258 g/mol. The Morgan fingerprint density at radius 2 is 1.74 bits per heavy atom. The topological polar surface area (TPSA) is 26.3 Å². The lowest BCUT2D eigenvalue weighted by atomic mass is 10.0. The molecular formula is C16H15FO2. The van der Waals surface area contributed by atoms with E-state index in [1.165, 1.54) is 12.1 Å². The van der Waals surface area contributed by atoms with Crippen LogP contribution in [0.5, 0.6) is 5.75 Å². The second-order valence-corrected chi connectivity index (χ2v) is 4.18. The zero-order chi connectivity index (χ0) is 13.7. The van der Waals surface area contributed by atoms with Crippen LogP contribution in [0, 0.1) is 5.82 Å². The summed E-state index contributed by atoms with van der Waals surface area (Å²) in [5.41, 5.74) is 0.575. The Morgan fingerprint density at radius 1 is 1.11 bits per heavy atom. The first-order valence-corrected chi connectivity index (χ1v) is 6.22. The van der Waals surface area contributed by atoms with E-state index >= 15 is 0 Å². The maximum Gasteiger partial charge on any atom is 0.203 e. The third kappa shape index (κ3) is 3.19. The fraction of sp³-hybridized carbons (Fsp3) is 0.188. The third-order valence-electron chi connectivity index (χ3n) is 2.83. The van der Waals surface area contributed by atoms with Gasteiger partial charge in [-0.3, -0.25) is 4.79 Å². The fourth-order valence-electron chi connectivity index (χ4n) is 1.80. The van der Waals surface area contributed by atoms with Crippen molar-refractivity contribution in [3.8, 4) is 5.75 Å². The predicted molar refractivity (Wildman–Crippen MR) is 71.9 cm³/mol. The fourth-order valence-corrected chi connectivity index (χ4v) is 1.80. The Balaban J connectivity index is 2.17. The molecule has 0 aliphatic heterocycles. The SMILES string of the molecule is CCC(Oc1ccccc1F)C(=O)c1ccccc1. The zero-order valence-corrected chi connectivity index (χ0v) is 10.7. The molecule has 2 nitrogen and oxygen atoms in total. The van der Waals surface area contributed by atoms with Crippen LogP contribution in [0.15, 0.2) is 54.6 Å². The number of ketones is 1. The molecule has 0 heterocycles. The summed E-state index contributed by atoms with van der Waals surface area (Å²) >= 11 is 0. The van der Waals surface area contributed by atoms with Crippen LogP contribution in [0.2, 0.25) is 0 Å². The molecule has 0 N–H and O–H groups in total. The molecular weight excluding hydrogens is 243 g/mol. The Labute approximate surface area is 111 Å². The molecule has 2 aromatic rings. The minimum Gasteiger partial charge on any atom is -0.479 e. The molecule has 3 heteroatoms. The van der Waals surface area contributed by atoms with E-state index in [-0.39, 0.29) is 11.5 Å². The van der Waals surface area contributed by atoms with Crippen molar-refractivity contribution in [3.05, 3.63) is 66.0 Å². The molecule has 98 valence electrons. The van der Waals surface area contributed by atoms with Crippen molar-refractivity contribution in [1.29, 1.82) is 0 Å². The Kier molecular flexibility index (Phi) is 4.29. The van der Waals surface area contributed by atoms with E-state index in [4.69, 9.17) is 4.74 Å². The zero-order valence-electron chi connectivity index (χ0n) is 10.7. The Morgan fingerprint density at radius 3 is 2.37 bits per heavy atom. The summed E-state index contributed by atoms with van der Waals surface area (Å²) in [6.45, 7) is 1.84. The Bertz CT molecular complexity index is 552. The van der Waals surface area contributed by atoms with E-state index in [9.17, 15) is 9.18 Å². The maximum atomic E-state index is 13.5. The highest BCUT2D eigenvalue weighted by Crippen LogP contribution is 2.19. The molecule has 2 aromatic carbocycles. The number of carbonyl (C=O) groups is 1. The first kappa shape index (κ1) is 13.3. The lowest BCUT2D eigenvalue weighted by Crippen LogP contribution is -2.27. The first-order chi connectivity index (χ1) is 9.22. The van der Waals surface area contributed by atoms with Crippen molar-refractivity contribution in [1.82, 2.24) is 0 Å². The average Bonchev–Trinajstić information content (AvgIpc) is 2.47. The number of carbonyl (C=O) groups excluding carboxylic acids is 1. The van der Waals surface area contributed by atoms with Gasteiger partial charge in [-0.15, -0.1) is 0 Å². The van der Waals surface area contributed by atoms with Gasteiger partial charge in [-0.1, -0.05) is 49.4 Å². The molecule has 19 heavy (non-hydrogen) atoms. The molecule has 0 aromatic heterocycles. The van der Waals surface area contributed by atoms with Crippen molar-refractivity contribution in [2.24, 2.45) is 0 Å². The molecule has 0 radical (unpaired) electrons. The van der Waals surface area contributed by atoms with Crippen molar-refractivity contribution < 1.29 is 13.9 Å². The van der Waals surface area contributed by atoms with Gasteiger partial charge in [0, 0.05) is 5.56 Å². The van der Waals surface area contributed by atoms with E-state index in [1.807, 2.05) is 13.0 Å². The molecule has 0 fully saturated rings. The molecule has 0 saturated heterocycles. The summed E-state index contributed by atoms with van der Waals surface area (Å²) in [5.74, 6) is -0.480. The number of hydrogen-bond donors (Lipinski definition) is 0. The van der Waals surface area contributed by atoms with Crippen LogP contribution in [0.1, 0.15) is 23.7 Å². The maximum absolute atomic E-state index is 13.5. The summed E-state index contributed by atoms with van der Waals surface area (Å²) in [6, 6.07) is 15.0. The van der Waals surface area contributed by atoms with Crippen LogP contribution in [0.25, 0.3) is 0 Å². The van der Waals surface area contributed by atoms with Gasteiger partial charge < -0.3 is 4.74 Å². The highest BCUT2D eigenvalue weighted by Gasteiger charge is 2.20. The van der Waals surface area contributed by atoms with Gasteiger partial charge in [0.2, 0.25) is 5.78 Å². The van der Waals surface area contributed by atoms with Gasteiger partial charge in [-0.25, -0.2) is 4.39 Å². The lowest BCUT2D eigenvalue weighted by Gasteiger charge is -2.16. The summed E-state index contributed by atoms with van der Waals surface area (Å²) in [6.07, 6.45) is -0.179. The second kappa shape index (κ2) is 6.14.